The van der Waals surface area contributed by atoms with Gasteiger partial charge in [-0.05, 0) is 55.7 Å². The summed E-state index contributed by atoms with van der Waals surface area (Å²) in [5.74, 6) is -0.270. The molecule has 158 valence electrons. The summed E-state index contributed by atoms with van der Waals surface area (Å²) in [5.41, 5.74) is 0.865. The number of nitrogens with zero attached hydrogens (tertiary/aromatic N) is 2. The molecule has 1 unspecified atom stereocenters. The first-order chi connectivity index (χ1) is 14.7. The second-order valence-electron chi connectivity index (χ2n) is 7.64. The number of rotatable bonds is 4. The van der Waals surface area contributed by atoms with E-state index in [1.165, 1.54) is 12.1 Å². The first-order valence-electron chi connectivity index (χ1n) is 9.73. The van der Waals surface area contributed by atoms with Gasteiger partial charge in [0, 0.05) is 17.2 Å². The Hall–Kier alpha value is -3.60. The maximum Gasteiger partial charge on any atom is 0.416 e. The normalized spacial score (nSPS) is 19.1. The number of alkyl halides is 3. The highest BCUT2D eigenvalue weighted by Gasteiger charge is 2.42. The average Bonchev–Trinajstić information content (AvgIpc) is 3.58. The number of hydrogen-bond donors (Lipinski definition) is 1. The summed E-state index contributed by atoms with van der Waals surface area (Å²) in [5, 5.41) is 11.8. The topological polar surface area (TPSA) is 73.2 Å². The Morgan fingerprint density at radius 2 is 1.84 bits per heavy atom. The number of nitriles is 1. The number of Topliss-reactive ketones (excluding diaryl/α,β-unsaturated/α-hetero) is 1. The van der Waals surface area contributed by atoms with Crippen molar-refractivity contribution in [3.63, 3.8) is 0 Å². The Kier molecular flexibility index (Phi) is 5.05. The third kappa shape index (κ3) is 3.91. The number of anilines is 1. The second-order valence-corrected chi connectivity index (χ2v) is 7.64. The van der Waals surface area contributed by atoms with E-state index in [1.807, 2.05) is 6.07 Å². The lowest BCUT2D eigenvalue weighted by Crippen LogP contribution is -2.48. The van der Waals surface area contributed by atoms with Crippen molar-refractivity contribution in [2.45, 2.75) is 32.0 Å². The predicted molar refractivity (Wildman–Crippen MR) is 107 cm³/mol. The number of carbonyl (C=O) groups excluding carboxylic acids is 2. The predicted octanol–water partition coefficient (Wildman–Crippen LogP) is 5.10. The van der Waals surface area contributed by atoms with Gasteiger partial charge in [0.1, 0.15) is 0 Å². The number of amides is 2. The van der Waals surface area contributed by atoms with Gasteiger partial charge >= 0.3 is 12.2 Å². The highest BCUT2D eigenvalue weighted by Crippen LogP contribution is 2.41. The van der Waals surface area contributed by atoms with Crippen LogP contribution in [0.2, 0.25) is 0 Å². The van der Waals surface area contributed by atoms with Gasteiger partial charge in [-0.15, -0.1) is 0 Å². The van der Waals surface area contributed by atoms with Crippen molar-refractivity contribution in [3.8, 4) is 6.07 Å². The molecule has 2 aromatic carbocycles. The van der Waals surface area contributed by atoms with Gasteiger partial charge in [-0.3, -0.25) is 9.69 Å². The monoisotopic (exact) mass is 425 g/mol. The fourth-order valence-electron chi connectivity index (χ4n) is 3.76. The van der Waals surface area contributed by atoms with Crippen LogP contribution >= 0.6 is 0 Å². The van der Waals surface area contributed by atoms with E-state index >= 15 is 0 Å². The number of nitrogens with one attached hydrogen (secondary N) is 1. The van der Waals surface area contributed by atoms with Crippen LogP contribution in [0.5, 0.6) is 0 Å². The number of carbonyl (C=O) groups is 2. The van der Waals surface area contributed by atoms with Crippen molar-refractivity contribution >= 4 is 17.5 Å². The lowest BCUT2D eigenvalue weighted by atomic mass is 9.89. The van der Waals surface area contributed by atoms with E-state index in [0.717, 1.165) is 29.9 Å². The molecule has 5 nitrogen and oxygen atoms in total. The van der Waals surface area contributed by atoms with Crippen molar-refractivity contribution in [2.75, 3.05) is 4.90 Å². The highest BCUT2D eigenvalue weighted by atomic mass is 19.4. The van der Waals surface area contributed by atoms with Crippen LogP contribution in [0.1, 0.15) is 42.5 Å². The average molecular weight is 425 g/mol. The Bertz CT molecular complexity index is 1130. The fraction of sp³-hybridized carbons (Fsp3) is 0.261. The maximum absolute atomic E-state index is 13.2. The van der Waals surface area contributed by atoms with Crippen LogP contribution in [-0.2, 0) is 11.0 Å². The van der Waals surface area contributed by atoms with E-state index in [-0.39, 0.29) is 17.4 Å². The number of ketones is 1. The van der Waals surface area contributed by atoms with Crippen molar-refractivity contribution in [1.82, 2.24) is 5.32 Å². The molecule has 0 spiro atoms. The number of urea groups is 1. The molecule has 1 N–H and O–H groups in total. The summed E-state index contributed by atoms with van der Waals surface area (Å²) in [7, 11) is 0. The minimum Gasteiger partial charge on any atom is -0.326 e. The standard InChI is InChI=1S/C23H18F3N3O2/c1-13-19(21(30)16-9-10-16)20(15-7-5-14(12-27)6-8-15)28-22(31)29(13)18-4-2-3-17(11-18)23(24,25)26/h2-8,11,16,20H,9-10H2,1H3,(H,28,31). The molecule has 2 aliphatic rings. The molecule has 2 aromatic rings. The number of allylic oxidation sites excluding steroid dienone is 1. The first kappa shape index (κ1) is 20.7. The van der Waals surface area contributed by atoms with Gasteiger partial charge in [-0.25, -0.2) is 4.79 Å². The summed E-state index contributed by atoms with van der Waals surface area (Å²) < 4.78 is 39.6. The highest BCUT2D eigenvalue weighted by molar-refractivity contribution is 6.07. The van der Waals surface area contributed by atoms with Crippen molar-refractivity contribution in [1.29, 1.82) is 5.26 Å². The SMILES string of the molecule is CC1=C(C(=O)C2CC2)C(c2ccc(C#N)cc2)NC(=O)N1c1cccc(C(F)(F)F)c1. The van der Waals surface area contributed by atoms with Gasteiger partial charge in [-0.2, -0.15) is 18.4 Å². The molecular formula is C23H18F3N3O2. The molecule has 1 aliphatic heterocycles. The lowest BCUT2D eigenvalue weighted by molar-refractivity contribution is -0.137. The van der Waals surface area contributed by atoms with Gasteiger partial charge in [0.25, 0.3) is 0 Å². The van der Waals surface area contributed by atoms with Crippen LogP contribution in [-0.4, -0.2) is 11.8 Å². The number of halogens is 3. The van der Waals surface area contributed by atoms with E-state index in [2.05, 4.69) is 5.32 Å². The van der Waals surface area contributed by atoms with Crippen molar-refractivity contribution in [2.24, 2.45) is 5.92 Å². The zero-order valence-electron chi connectivity index (χ0n) is 16.5. The quantitative estimate of drug-likeness (QED) is 0.741. The largest absolute Gasteiger partial charge is 0.416 e. The number of benzene rings is 2. The summed E-state index contributed by atoms with van der Waals surface area (Å²) in [6.45, 7) is 1.57. The Labute approximate surface area is 176 Å². The molecule has 1 fully saturated rings. The fourth-order valence-corrected chi connectivity index (χ4v) is 3.76. The number of hydrogen-bond acceptors (Lipinski definition) is 3. The van der Waals surface area contributed by atoms with Gasteiger partial charge < -0.3 is 5.32 Å². The summed E-state index contributed by atoms with van der Waals surface area (Å²) in [4.78, 5) is 27.2. The summed E-state index contributed by atoms with van der Waals surface area (Å²) in [6, 6.07) is 11.6. The third-order valence-electron chi connectivity index (χ3n) is 5.50. The molecule has 31 heavy (non-hydrogen) atoms. The molecular weight excluding hydrogens is 407 g/mol. The maximum atomic E-state index is 13.2. The van der Waals surface area contributed by atoms with Crippen LogP contribution < -0.4 is 10.2 Å². The molecule has 8 heteroatoms. The van der Waals surface area contributed by atoms with E-state index in [9.17, 15) is 22.8 Å². The molecule has 1 heterocycles. The minimum atomic E-state index is -4.56. The molecule has 0 saturated heterocycles. The van der Waals surface area contributed by atoms with Crippen LogP contribution in [0.4, 0.5) is 23.7 Å². The van der Waals surface area contributed by atoms with E-state index < -0.39 is 23.8 Å². The molecule has 0 aromatic heterocycles. The molecule has 1 atom stereocenters. The van der Waals surface area contributed by atoms with Crippen molar-refractivity contribution < 1.29 is 22.8 Å². The van der Waals surface area contributed by atoms with E-state index in [0.29, 0.717) is 22.4 Å². The molecule has 1 saturated carbocycles. The smallest absolute Gasteiger partial charge is 0.326 e. The van der Waals surface area contributed by atoms with Gasteiger partial charge in [0.2, 0.25) is 0 Å². The van der Waals surface area contributed by atoms with Crippen molar-refractivity contribution in [3.05, 3.63) is 76.5 Å². The minimum absolute atomic E-state index is 0.0317. The zero-order valence-corrected chi connectivity index (χ0v) is 16.5. The summed E-state index contributed by atoms with van der Waals surface area (Å²) >= 11 is 0. The molecule has 4 rings (SSSR count). The van der Waals surface area contributed by atoms with Gasteiger partial charge in [0.05, 0.1) is 28.9 Å². The summed E-state index contributed by atoms with van der Waals surface area (Å²) in [6.07, 6.45) is -3.07. The second kappa shape index (κ2) is 7.58. The Balaban J connectivity index is 1.82. The van der Waals surface area contributed by atoms with E-state index in [4.69, 9.17) is 5.26 Å². The lowest BCUT2D eigenvalue weighted by Gasteiger charge is -2.36. The van der Waals surface area contributed by atoms with Crippen LogP contribution in [0.15, 0.2) is 59.8 Å². The molecule has 1 aliphatic carbocycles. The Morgan fingerprint density at radius 1 is 1.16 bits per heavy atom. The first-order valence-corrected chi connectivity index (χ1v) is 9.73. The zero-order chi connectivity index (χ0) is 22.3. The molecule has 2 amide bonds. The van der Waals surface area contributed by atoms with Gasteiger partial charge in [0.15, 0.2) is 5.78 Å². The molecule has 0 radical (unpaired) electrons. The van der Waals surface area contributed by atoms with E-state index in [1.54, 1.807) is 31.2 Å². The van der Waals surface area contributed by atoms with Gasteiger partial charge in [-0.1, -0.05) is 18.2 Å². The van der Waals surface area contributed by atoms with Crippen LogP contribution in [0.25, 0.3) is 0 Å². The Morgan fingerprint density at radius 3 is 2.42 bits per heavy atom. The molecule has 0 bridgehead atoms. The third-order valence-corrected chi connectivity index (χ3v) is 5.50. The van der Waals surface area contributed by atoms with Crippen LogP contribution in [0.3, 0.4) is 0 Å². The van der Waals surface area contributed by atoms with Crippen LogP contribution in [0, 0.1) is 17.2 Å².